The first-order chi connectivity index (χ1) is 17.4. The fraction of sp³-hybridized carbons (Fsp3) is 0.222. The highest BCUT2D eigenvalue weighted by molar-refractivity contribution is 6.08. The van der Waals surface area contributed by atoms with Crippen molar-refractivity contribution in [3.05, 3.63) is 89.0 Å². The molecule has 1 amide bonds. The molecule has 0 aromatic heterocycles. The summed E-state index contributed by atoms with van der Waals surface area (Å²) in [5, 5.41) is 0. The van der Waals surface area contributed by atoms with Gasteiger partial charge in [-0.25, -0.2) is 20.0 Å². The molecule has 4 rings (SSSR count). The van der Waals surface area contributed by atoms with Gasteiger partial charge in [0.1, 0.15) is 5.69 Å². The molecule has 1 aliphatic heterocycles. The van der Waals surface area contributed by atoms with Gasteiger partial charge in [0.25, 0.3) is 0 Å². The van der Waals surface area contributed by atoms with E-state index in [0.29, 0.717) is 16.8 Å². The lowest BCUT2D eigenvalue weighted by Gasteiger charge is -2.26. The van der Waals surface area contributed by atoms with E-state index in [1.807, 2.05) is 61.5 Å². The van der Waals surface area contributed by atoms with Crippen LogP contribution >= 0.6 is 0 Å². The molecule has 0 radical (unpaired) electrons. The number of esters is 1. The van der Waals surface area contributed by atoms with Crippen LogP contribution in [-0.4, -0.2) is 39.3 Å². The van der Waals surface area contributed by atoms with Gasteiger partial charge >= 0.3 is 12.1 Å². The number of rotatable bonds is 8. The van der Waals surface area contributed by atoms with Crippen molar-refractivity contribution in [2.75, 3.05) is 26.8 Å². The molecule has 0 bridgehead atoms. The smallest absolute Gasteiger partial charge is 0.425 e. The maximum Gasteiger partial charge on any atom is 0.425 e. The van der Waals surface area contributed by atoms with Crippen molar-refractivity contribution in [2.24, 2.45) is 4.99 Å². The molecule has 1 heterocycles. The third-order valence-corrected chi connectivity index (χ3v) is 5.87. The number of aryl methyl sites for hydroxylation is 1. The van der Waals surface area contributed by atoms with Gasteiger partial charge in [-0.15, -0.1) is 0 Å². The molecular formula is C27H27N3O6. The highest BCUT2D eigenvalue weighted by Gasteiger charge is 2.50. The SMILES string of the molecule is COC(=O)NNc1ccc([C@@]2(Cc3ccccc3)N=C(c3ccc(C)cc3)OC2=O)c(OC)c1OC. The monoisotopic (exact) mass is 489 g/mol. The molecule has 186 valence electrons. The number of methoxy groups -OCH3 is 3. The van der Waals surface area contributed by atoms with E-state index in [0.717, 1.165) is 11.1 Å². The van der Waals surface area contributed by atoms with Crippen LogP contribution in [0.1, 0.15) is 22.3 Å². The Balaban J connectivity index is 1.87. The molecule has 3 aromatic rings. The van der Waals surface area contributed by atoms with E-state index in [9.17, 15) is 9.59 Å². The topological polar surface area (TPSA) is 107 Å². The highest BCUT2D eigenvalue weighted by Crippen LogP contribution is 2.47. The molecule has 9 heteroatoms. The minimum absolute atomic E-state index is 0.228. The summed E-state index contributed by atoms with van der Waals surface area (Å²) in [6, 6.07) is 20.5. The van der Waals surface area contributed by atoms with Crippen molar-refractivity contribution in [1.82, 2.24) is 5.43 Å². The number of nitrogens with zero attached hydrogens (tertiary/aromatic N) is 1. The van der Waals surface area contributed by atoms with Gasteiger partial charge in [-0.05, 0) is 36.8 Å². The van der Waals surface area contributed by atoms with Gasteiger partial charge < -0.3 is 18.9 Å². The van der Waals surface area contributed by atoms with Gasteiger partial charge in [-0.1, -0.05) is 48.0 Å². The van der Waals surface area contributed by atoms with Gasteiger partial charge in [0, 0.05) is 17.5 Å². The van der Waals surface area contributed by atoms with Crippen LogP contribution in [0.15, 0.2) is 71.7 Å². The Hall–Kier alpha value is -4.53. The summed E-state index contributed by atoms with van der Waals surface area (Å²) in [5.74, 6) is 0.240. The quantitative estimate of drug-likeness (QED) is 0.362. The van der Waals surface area contributed by atoms with Crippen LogP contribution in [-0.2, 0) is 26.2 Å². The van der Waals surface area contributed by atoms with Crippen molar-refractivity contribution in [3.63, 3.8) is 0 Å². The maximum atomic E-state index is 13.6. The third kappa shape index (κ3) is 4.68. The first kappa shape index (κ1) is 24.6. The largest absolute Gasteiger partial charge is 0.492 e. The number of cyclic esters (lactones) is 1. The number of hydrogen-bond donors (Lipinski definition) is 2. The fourth-order valence-corrected chi connectivity index (χ4v) is 4.06. The van der Waals surface area contributed by atoms with E-state index < -0.39 is 17.6 Å². The van der Waals surface area contributed by atoms with Crippen LogP contribution in [0, 0.1) is 6.92 Å². The molecular weight excluding hydrogens is 462 g/mol. The Labute approximate surface area is 209 Å². The molecule has 0 saturated carbocycles. The Morgan fingerprint density at radius 1 is 0.944 bits per heavy atom. The van der Waals surface area contributed by atoms with Gasteiger partial charge in [-0.3, -0.25) is 5.43 Å². The zero-order valence-corrected chi connectivity index (χ0v) is 20.5. The predicted octanol–water partition coefficient (Wildman–Crippen LogP) is 4.14. The van der Waals surface area contributed by atoms with Crippen LogP contribution in [0.2, 0.25) is 0 Å². The van der Waals surface area contributed by atoms with Crippen molar-refractivity contribution in [2.45, 2.75) is 18.9 Å². The Morgan fingerprint density at radius 2 is 1.64 bits per heavy atom. The Morgan fingerprint density at radius 3 is 2.28 bits per heavy atom. The zero-order valence-electron chi connectivity index (χ0n) is 20.5. The van der Waals surface area contributed by atoms with Crippen molar-refractivity contribution >= 4 is 23.6 Å². The summed E-state index contributed by atoms with van der Waals surface area (Å²) in [4.78, 5) is 30.1. The van der Waals surface area contributed by atoms with E-state index in [4.69, 9.17) is 19.2 Å². The summed E-state index contributed by atoms with van der Waals surface area (Å²) in [5.41, 5.74) is 7.20. The van der Waals surface area contributed by atoms with E-state index in [1.165, 1.54) is 21.3 Å². The number of carbonyl (C=O) groups is 2. The summed E-state index contributed by atoms with van der Waals surface area (Å²) < 4.78 is 21.7. The van der Waals surface area contributed by atoms with Crippen LogP contribution in [0.25, 0.3) is 0 Å². The zero-order chi connectivity index (χ0) is 25.7. The molecule has 3 aromatic carbocycles. The number of benzene rings is 3. The minimum Gasteiger partial charge on any atom is -0.492 e. The number of nitrogens with one attached hydrogen (secondary N) is 2. The van der Waals surface area contributed by atoms with Gasteiger partial charge in [0.2, 0.25) is 5.90 Å². The predicted molar refractivity (Wildman–Crippen MR) is 134 cm³/mol. The molecule has 9 nitrogen and oxygen atoms in total. The van der Waals surface area contributed by atoms with Crippen molar-refractivity contribution in [3.8, 4) is 11.5 Å². The number of hydrazine groups is 1. The number of carbonyl (C=O) groups excluding carboxylic acids is 2. The van der Waals surface area contributed by atoms with E-state index in [2.05, 4.69) is 15.6 Å². The lowest BCUT2D eigenvalue weighted by atomic mass is 9.83. The summed E-state index contributed by atoms with van der Waals surface area (Å²) in [6.07, 6.45) is -0.457. The van der Waals surface area contributed by atoms with Crippen molar-refractivity contribution in [1.29, 1.82) is 0 Å². The second-order valence-corrected chi connectivity index (χ2v) is 8.16. The average Bonchev–Trinajstić information content (AvgIpc) is 3.23. The second-order valence-electron chi connectivity index (χ2n) is 8.16. The van der Waals surface area contributed by atoms with Crippen molar-refractivity contribution < 1.29 is 28.5 Å². The van der Waals surface area contributed by atoms with E-state index in [-0.39, 0.29) is 23.8 Å². The normalized spacial score (nSPS) is 16.6. The fourth-order valence-electron chi connectivity index (χ4n) is 4.06. The molecule has 0 spiro atoms. The summed E-state index contributed by atoms with van der Waals surface area (Å²) in [6.45, 7) is 1.98. The van der Waals surface area contributed by atoms with Crippen LogP contribution in [0.5, 0.6) is 11.5 Å². The second kappa shape index (κ2) is 10.4. The van der Waals surface area contributed by atoms with E-state index >= 15 is 0 Å². The highest BCUT2D eigenvalue weighted by atomic mass is 16.6. The molecule has 36 heavy (non-hydrogen) atoms. The van der Waals surface area contributed by atoms with Crippen LogP contribution in [0.3, 0.4) is 0 Å². The van der Waals surface area contributed by atoms with Gasteiger partial charge in [-0.2, -0.15) is 0 Å². The summed E-state index contributed by atoms with van der Waals surface area (Å²) >= 11 is 0. The van der Waals surface area contributed by atoms with Gasteiger partial charge in [0.15, 0.2) is 17.0 Å². The number of hydrogen-bond acceptors (Lipinski definition) is 8. The first-order valence-corrected chi connectivity index (χ1v) is 11.2. The Kier molecular flexibility index (Phi) is 7.10. The van der Waals surface area contributed by atoms with Crippen LogP contribution in [0.4, 0.5) is 10.5 Å². The molecule has 0 aliphatic carbocycles. The molecule has 1 aliphatic rings. The number of amides is 1. The lowest BCUT2D eigenvalue weighted by molar-refractivity contribution is -0.139. The standard InChI is InChI=1S/C27H27N3O6/c1-17-10-12-19(13-11-17)24-28-27(25(31)36-24,16-18-8-6-5-7-9-18)20-14-15-21(29-30-26(32)35-4)23(34-3)22(20)33-2/h5-15,29H,16H2,1-4H3,(H,30,32)/t27-/m1/s1. The van der Waals surface area contributed by atoms with Gasteiger partial charge in [0.05, 0.1) is 21.3 Å². The molecule has 2 N–H and O–H groups in total. The third-order valence-electron chi connectivity index (χ3n) is 5.87. The molecule has 0 fully saturated rings. The summed E-state index contributed by atoms with van der Waals surface area (Å²) in [7, 11) is 4.18. The van der Waals surface area contributed by atoms with Crippen LogP contribution < -0.4 is 20.3 Å². The Bertz CT molecular complexity index is 1290. The lowest BCUT2D eigenvalue weighted by Crippen LogP contribution is -2.34. The number of ether oxygens (including phenoxy) is 4. The van der Waals surface area contributed by atoms with E-state index in [1.54, 1.807) is 12.1 Å². The minimum atomic E-state index is -1.44. The number of aliphatic imine (C=N–C) groups is 1. The number of anilines is 1. The molecule has 0 saturated heterocycles. The molecule has 1 atom stereocenters. The molecule has 0 unspecified atom stereocenters. The maximum absolute atomic E-state index is 13.6. The average molecular weight is 490 g/mol. The first-order valence-electron chi connectivity index (χ1n) is 11.2.